The SMILES string of the molecule is CC.C[C@@H]1CCCN1C(=O)C(N=C1CCC2CCC12)c1ccccc1.O=C(C(N=C1CCC2CCC12)c1ccccc1)N1CCCC1C1Nc2ccc(-c3ccc(-c4ccc5nc[nH]c5c4)cc3)cc2N1. The van der Waals surface area contributed by atoms with E-state index >= 15 is 0 Å². The van der Waals surface area contributed by atoms with Crippen LogP contribution in [0.3, 0.4) is 0 Å². The van der Waals surface area contributed by atoms with Crippen LogP contribution in [0.4, 0.5) is 11.4 Å². The molecule has 5 aromatic carbocycles. The summed E-state index contributed by atoms with van der Waals surface area (Å²) < 4.78 is 0. The lowest BCUT2D eigenvalue weighted by molar-refractivity contribution is -0.134. The van der Waals surface area contributed by atoms with Gasteiger partial charge in [-0.05, 0) is 165 Å². The number of anilines is 2. The number of aliphatic imine (C=N–C) groups is 2. The number of imidazole rings is 1. The van der Waals surface area contributed by atoms with Crippen LogP contribution in [0, 0.1) is 23.7 Å². The molecule has 3 aliphatic heterocycles. The molecule has 2 amide bonds. The predicted molar refractivity (Wildman–Crippen MR) is 289 cm³/mol. The zero-order valence-electron chi connectivity index (χ0n) is 41.8. The lowest BCUT2D eigenvalue weighted by Gasteiger charge is -2.33. The van der Waals surface area contributed by atoms with Crippen molar-refractivity contribution < 1.29 is 9.59 Å². The first-order valence-corrected chi connectivity index (χ1v) is 27.0. The fourth-order valence-corrected chi connectivity index (χ4v) is 12.7. The van der Waals surface area contributed by atoms with Gasteiger partial charge < -0.3 is 25.4 Å². The zero-order chi connectivity index (χ0) is 48.4. The number of nitrogens with zero attached hydrogens (tertiary/aromatic N) is 5. The number of aromatic nitrogens is 2. The van der Waals surface area contributed by atoms with Gasteiger partial charge in [0, 0.05) is 30.6 Å². The summed E-state index contributed by atoms with van der Waals surface area (Å²) in [6, 6.07) is 41.6. The smallest absolute Gasteiger partial charge is 0.252 e. The molecule has 6 aromatic rings. The molecule has 2 saturated heterocycles. The molecule has 7 aliphatic rings. The Bertz CT molecular complexity index is 2890. The summed E-state index contributed by atoms with van der Waals surface area (Å²) in [5, 5.41) is 7.45. The Hall–Kier alpha value is -6.55. The molecule has 9 atom stereocenters. The predicted octanol–water partition coefficient (Wildman–Crippen LogP) is 13.1. The van der Waals surface area contributed by atoms with Crippen LogP contribution in [0.25, 0.3) is 33.3 Å². The molecule has 4 heterocycles. The highest BCUT2D eigenvalue weighted by Crippen LogP contribution is 2.47. The van der Waals surface area contributed by atoms with Gasteiger partial charge in [-0.25, -0.2) is 4.98 Å². The van der Waals surface area contributed by atoms with E-state index in [1.165, 1.54) is 61.1 Å². The van der Waals surface area contributed by atoms with Crippen molar-refractivity contribution in [1.29, 1.82) is 0 Å². The van der Waals surface area contributed by atoms with Crippen LogP contribution >= 0.6 is 0 Å². The van der Waals surface area contributed by atoms with E-state index in [0.29, 0.717) is 17.9 Å². The summed E-state index contributed by atoms with van der Waals surface area (Å²) in [7, 11) is 0. The second-order valence-corrected chi connectivity index (χ2v) is 20.8. The molecule has 4 saturated carbocycles. The zero-order valence-corrected chi connectivity index (χ0v) is 41.8. The number of fused-ring (bicyclic) bond motifs is 4. The number of likely N-dealkylation sites (tertiary alicyclic amines) is 2. The fraction of sp³-hybridized carbons (Fsp3) is 0.426. The van der Waals surface area contributed by atoms with E-state index in [1.54, 1.807) is 6.33 Å². The molecule has 1 aromatic heterocycles. The minimum Gasteiger partial charge on any atom is -0.362 e. The van der Waals surface area contributed by atoms with Crippen LogP contribution in [0.5, 0.6) is 0 Å². The van der Waals surface area contributed by atoms with E-state index in [4.69, 9.17) is 9.98 Å². The number of rotatable bonds is 9. The maximum atomic E-state index is 14.4. The summed E-state index contributed by atoms with van der Waals surface area (Å²) in [4.78, 5) is 49.5. The minimum atomic E-state index is -0.462. The first-order chi connectivity index (χ1) is 34.9. The molecule has 0 radical (unpaired) electrons. The Kier molecular flexibility index (Phi) is 13.6. The molecular formula is C61H70N8O2. The first-order valence-electron chi connectivity index (χ1n) is 27.0. The largest absolute Gasteiger partial charge is 0.362 e. The molecule has 4 aliphatic carbocycles. The van der Waals surface area contributed by atoms with Crippen molar-refractivity contribution >= 4 is 45.6 Å². The van der Waals surface area contributed by atoms with Crippen LogP contribution in [0.15, 0.2) is 138 Å². The standard InChI is InChI=1S/C39H38N6O.C20H26N2O.C2H6/c46-39(37(27-5-2-1-3-6-27)42-31-17-13-26-12-16-30(26)31)45-20-4-7-36(45)38-43-33-19-15-29(22-35(33)44-38)25-10-8-24(9-11-25)28-14-18-32-34(21-28)41-23-40-32;1-14-6-5-13-22(14)20(23)19(16-7-3-2-4-8-16)21-18-12-10-15-9-11-17(15)18;1-2/h1-3,5-6,8-11,14-15,18-19,21-23,26,30,36-38,43-44H,4,7,12-13,16-17,20H2,(H,40,41);2-4,7-8,14-15,17,19H,5-6,9-13H2,1H3;1-2H3/t;14-,15?,17?,19?;/m.1./s1. The number of hydrogen-bond acceptors (Lipinski definition) is 7. The molecule has 0 bridgehead atoms. The maximum Gasteiger partial charge on any atom is 0.252 e. The van der Waals surface area contributed by atoms with Gasteiger partial charge in [-0.3, -0.25) is 19.6 Å². The molecule has 10 nitrogen and oxygen atoms in total. The Morgan fingerprint density at radius 1 is 0.577 bits per heavy atom. The average molecular weight is 947 g/mol. The van der Waals surface area contributed by atoms with E-state index in [-0.39, 0.29) is 30.1 Å². The Labute approximate surface area is 419 Å². The number of aromatic amines is 1. The summed E-state index contributed by atoms with van der Waals surface area (Å²) in [6.07, 6.45) is 15.7. The maximum absolute atomic E-state index is 14.4. The van der Waals surface area contributed by atoms with E-state index < -0.39 is 6.04 Å². The van der Waals surface area contributed by atoms with Crippen LogP contribution in [0.1, 0.15) is 121 Å². The van der Waals surface area contributed by atoms with Gasteiger partial charge in [0.25, 0.3) is 11.8 Å². The van der Waals surface area contributed by atoms with Gasteiger partial charge in [-0.1, -0.05) is 111 Å². The van der Waals surface area contributed by atoms with E-state index in [2.05, 4.69) is 122 Å². The summed E-state index contributed by atoms with van der Waals surface area (Å²) >= 11 is 0. The molecular weight excluding hydrogens is 877 g/mol. The molecule has 13 rings (SSSR count). The molecule has 8 unspecified atom stereocenters. The van der Waals surface area contributed by atoms with Gasteiger partial charge in [0.05, 0.1) is 34.8 Å². The summed E-state index contributed by atoms with van der Waals surface area (Å²) in [5.74, 6) is 3.25. The molecule has 3 N–H and O–H groups in total. The van der Waals surface area contributed by atoms with Crippen molar-refractivity contribution in [2.24, 2.45) is 33.7 Å². The number of carbonyl (C=O) groups is 2. The van der Waals surface area contributed by atoms with Crippen molar-refractivity contribution in [2.75, 3.05) is 23.7 Å². The van der Waals surface area contributed by atoms with Crippen molar-refractivity contribution in [3.63, 3.8) is 0 Å². The second kappa shape index (κ2) is 20.7. The van der Waals surface area contributed by atoms with E-state index in [1.807, 2.05) is 50.2 Å². The van der Waals surface area contributed by atoms with Crippen molar-refractivity contribution in [1.82, 2.24) is 19.8 Å². The third kappa shape index (κ3) is 9.42. The molecule has 366 valence electrons. The minimum absolute atomic E-state index is 0.0388. The van der Waals surface area contributed by atoms with Crippen molar-refractivity contribution in [3.8, 4) is 22.3 Å². The van der Waals surface area contributed by atoms with Crippen LogP contribution < -0.4 is 10.6 Å². The van der Waals surface area contributed by atoms with Gasteiger partial charge in [-0.2, -0.15) is 0 Å². The highest BCUT2D eigenvalue weighted by atomic mass is 16.2. The molecule has 6 fully saturated rings. The lowest BCUT2D eigenvalue weighted by Crippen LogP contribution is -2.49. The highest BCUT2D eigenvalue weighted by molar-refractivity contribution is 5.95. The van der Waals surface area contributed by atoms with Gasteiger partial charge in [0.1, 0.15) is 6.17 Å². The Morgan fingerprint density at radius 3 is 1.68 bits per heavy atom. The van der Waals surface area contributed by atoms with Crippen LogP contribution in [0.2, 0.25) is 0 Å². The van der Waals surface area contributed by atoms with Gasteiger partial charge in [0.2, 0.25) is 0 Å². The van der Waals surface area contributed by atoms with E-state index in [0.717, 1.165) is 108 Å². The number of amides is 2. The van der Waals surface area contributed by atoms with Crippen molar-refractivity contribution in [2.45, 2.75) is 128 Å². The third-order valence-corrected chi connectivity index (χ3v) is 16.9. The first kappa shape index (κ1) is 46.8. The van der Waals surface area contributed by atoms with Crippen LogP contribution in [-0.2, 0) is 9.59 Å². The van der Waals surface area contributed by atoms with Crippen LogP contribution in [-0.4, -0.2) is 74.3 Å². The molecule has 0 spiro atoms. The Morgan fingerprint density at radius 2 is 1.11 bits per heavy atom. The summed E-state index contributed by atoms with van der Waals surface area (Å²) in [6.45, 7) is 7.82. The quantitative estimate of drug-likeness (QED) is 0.133. The normalized spacial score (nSPS) is 26.7. The van der Waals surface area contributed by atoms with Gasteiger partial charge >= 0.3 is 0 Å². The van der Waals surface area contributed by atoms with Crippen molar-refractivity contribution in [3.05, 3.63) is 139 Å². The second-order valence-electron chi connectivity index (χ2n) is 20.8. The topological polar surface area (TPSA) is 118 Å². The Balaban J connectivity index is 0.000000183. The van der Waals surface area contributed by atoms with Gasteiger partial charge in [-0.15, -0.1) is 0 Å². The number of hydrogen-bond donors (Lipinski definition) is 3. The number of nitrogens with one attached hydrogen (secondary N) is 3. The molecule has 71 heavy (non-hydrogen) atoms. The number of carbonyl (C=O) groups excluding carboxylic acids is 2. The number of benzene rings is 5. The monoisotopic (exact) mass is 947 g/mol. The highest BCUT2D eigenvalue weighted by Gasteiger charge is 2.44. The fourth-order valence-electron chi connectivity index (χ4n) is 12.7. The summed E-state index contributed by atoms with van der Waals surface area (Å²) in [5.41, 5.74) is 13.5. The average Bonchev–Trinajstić information content (AvgIpc) is 4.28. The lowest BCUT2D eigenvalue weighted by atomic mass is 9.76. The van der Waals surface area contributed by atoms with Gasteiger partial charge in [0.15, 0.2) is 12.1 Å². The van der Waals surface area contributed by atoms with E-state index in [9.17, 15) is 9.59 Å². The third-order valence-electron chi connectivity index (χ3n) is 16.9. The number of H-pyrrole nitrogens is 1. The molecule has 10 heteroatoms.